The van der Waals surface area contributed by atoms with Crippen LogP contribution in [0.4, 0.5) is 0 Å². The van der Waals surface area contributed by atoms with Gasteiger partial charge in [-0.1, -0.05) is 36.8 Å². The highest BCUT2D eigenvalue weighted by Crippen LogP contribution is 2.31. The van der Waals surface area contributed by atoms with Crippen molar-refractivity contribution < 1.29 is 9.90 Å². The number of benzene rings is 1. The summed E-state index contributed by atoms with van der Waals surface area (Å²) in [6.45, 7) is 7.64. The number of nitrogens with one attached hydrogen (secondary N) is 1. The van der Waals surface area contributed by atoms with Crippen molar-refractivity contribution >= 4 is 5.91 Å². The van der Waals surface area contributed by atoms with E-state index >= 15 is 0 Å². The second-order valence-corrected chi connectivity index (χ2v) is 5.52. The molecule has 3 atom stereocenters. The van der Waals surface area contributed by atoms with Crippen LogP contribution in [0.1, 0.15) is 37.4 Å². The highest BCUT2D eigenvalue weighted by molar-refractivity contribution is 5.79. The number of carbonyl (C=O) groups excluding carboxylic acids is 1. The van der Waals surface area contributed by atoms with E-state index in [1.165, 1.54) is 0 Å². The van der Waals surface area contributed by atoms with Crippen molar-refractivity contribution in [2.75, 3.05) is 0 Å². The van der Waals surface area contributed by atoms with Crippen molar-refractivity contribution in [2.24, 2.45) is 5.92 Å². The number of aliphatic hydroxyl groups is 1. The van der Waals surface area contributed by atoms with Crippen LogP contribution >= 0.6 is 0 Å². The summed E-state index contributed by atoms with van der Waals surface area (Å²) in [4.78, 5) is 12.1. The molecule has 0 aromatic heterocycles. The van der Waals surface area contributed by atoms with Crippen molar-refractivity contribution in [3.63, 3.8) is 0 Å². The van der Waals surface area contributed by atoms with E-state index in [0.29, 0.717) is 12.8 Å². The summed E-state index contributed by atoms with van der Waals surface area (Å²) in [6.07, 6.45) is 0.755. The van der Waals surface area contributed by atoms with Gasteiger partial charge in [0.1, 0.15) is 0 Å². The molecular weight excluding hydrogens is 238 g/mol. The summed E-state index contributed by atoms with van der Waals surface area (Å²) >= 11 is 0. The largest absolute Gasteiger partial charge is 0.390 e. The predicted molar refractivity (Wildman–Crippen MR) is 75.6 cm³/mol. The quantitative estimate of drug-likeness (QED) is 0.816. The monoisotopic (exact) mass is 259 g/mol. The van der Waals surface area contributed by atoms with Gasteiger partial charge in [0, 0.05) is 12.3 Å². The van der Waals surface area contributed by atoms with Crippen LogP contribution in [0, 0.1) is 5.92 Å². The Morgan fingerprint density at radius 1 is 1.53 bits per heavy atom. The molecule has 0 saturated carbocycles. The lowest BCUT2D eigenvalue weighted by atomic mass is 10.0. The van der Waals surface area contributed by atoms with Gasteiger partial charge in [0.15, 0.2) is 0 Å². The number of aliphatic hydroxyl groups excluding tert-OH is 1. The first-order valence-electron chi connectivity index (χ1n) is 6.69. The fraction of sp³-hybridized carbons (Fsp3) is 0.438. The summed E-state index contributed by atoms with van der Waals surface area (Å²) in [5.41, 5.74) is 3.15. The molecule has 0 fully saturated rings. The minimum atomic E-state index is -0.529. The third-order valence-electron chi connectivity index (χ3n) is 3.60. The summed E-state index contributed by atoms with van der Waals surface area (Å²) in [7, 11) is 0. The molecule has 1 amide bonds. The number of hydrogen-bond acceptors (Lipinski definition) is 2. The molecule has 0 radical (unpaired) electrons. The zero-order valence-electron chi connectivity index (χ0n) is 11.5. The van der Waals surface area contributed by atoms with Gasteiger partial charge in [0.2, 0.25) is 5.91 Å². The molecule has 1 aromatic carbocycles. The van der Waals surface area contributed by atoms with Crippen LogP contribution < -0.4 is 5.32 Å². The van der Waals surface area contributed by atoms with Gasteiger partial charge in [-0.15, -0.1) is 6.58 Å². The molecule has 0 aliphatic heterocycles. The van der Waals surface area contributed by atoms with Gasteiger partial charge in [0.05, 0.1) is 12.1 Å². The molecule has 0 saturated heterocycles. The first-order valence-corrected chi connectivity index (χ1v) is 6.69. The van der Waals surface area contributed by atoms with E-state index in [4.69, 9.17) is 0 Å². The molecule has 1 aromatic rings. The van der Waals surface area contributed by atoms with Crippen molar-refractivity contribution in [3.8, 4) is 0 Å². The zero-order chi connectivity index (χ0) is 14.0. The van der Waals surface area contributed by atoms with Crippen LogP contribution in [0.25, 0.3) is 0 Å². The number of fused-ring (bicyclic) bond motifs is 1. The van der Waals surface area contributed by atoms with Crippen LogP contribution in [0.15, 0.2) is 36.4 Å². The van der Waals surface area contributed by atoms with Gasteiger partial charge in [-0.3, -0.25) is 4.79 Å². The second-order valence-electron chi connectivity index (χ2n) is 5.52. The highest BCUT2D eigenvalue weighted by atomic mass is 16.3. The lowest BCUT2D eigenvalue weighted by molar-refractivity contribution is -0.126. The summed E-state index contributed by atoms with van der Waals surface area (Å²) < 4.78 is 0. The Labute approximate surface area is 114 Å². The second kappa shape index (κ2) is 5.57. The molecule has 2 rings (SSSR count). The van der Waals surface area contributed by atoms with E-state index in [2.05, 4.69) is 11.9 Å². The highest BCUT2D eigenvalue weighted by Gasteiger charge is 2.32. The topological polar surface area (TPSA) is 49.3 Å². The van der Waals surface area contributed by atoms with Crippen molar-refractivity contribution in [2.45, 2.75) is 38.8 Å². The lowest BCUT2D eigenvalue weighted by Gasteiger charge is -2.20. The summed E-state index contributed by atoms with van der Waals surface area (Å²) in [6, 6.07) is 7.59. The molecule has 0 heterocycles. The Balaban J connectivity index is 2.07. The third kappa shape index (κ3) is 3.04. The maximum Gasteiger partial charge on any atom is 0.223 e. The lowest BCUT2D eigenvalue weighted by Crippen LogP contribution is -2.37. The molecule has 1 unspecified atom stereocenters. The smallest absolute Gasteiger partial charge is 0.223 e. The van der Waals surface area contributed by atoms with Crippen molar-refractivity contribution in [3.05, 3.63) is 47.5 Å². The van der Waals surface area contributed by atoms with Gasteiger partial charge in [-0.05, 0) is 24.5 Å². The first kappa shape index (κ1) is 13.8. The van der Waals surface area contributed by atoms with E-state index in [1.54, 1.807) is 0 Å². The van der Waals surface area contributed by atoms with E-state index in [-0.39, 0.29) is 17.9 Å². The Bertz CT molecular complexity index is 495. The minimum Gasteiger partial charge on any atom is -0.390 e. The van der Waals surface area contributed by atoms with Crippen molar-refractivity contribution in [1.82, 2.24) is 5.32 Å². The molecule has 1 aliphatic carbocycles. The van der Waals surface area contributed by atoms with E-state index in [1.807, 2.05) is 38.1 Å². The average molecular weight is 259 g/mol. The van der Waals surface area contributed by atoms with E-state index in [0.717, 1.165) is 16.7 Å². The maximum atomic E-state index is 12.1. The van der Waals surface area contributed by atoms with Crippen LogP contribution in [-0.2, 0) is 11.2 Å². The Morgan fingerprint density at radius 2 is 2.21 bits per heavy atom. The molecule has 1 aliphatic rings. The molecular formula is C16H21NO2. The number of carbonyl (C=O) groups is 1. The normalized spacial score (nSPS) is 22.7. The predicted octanol–water partition coefficient (Wildman–Crippen LogP) is 2.36. The van der Waals surface area contributed by atoms with Crippen molar-refractivity contribution in [1.29, 1.82) is 0 Å². The third-order valence-corrected chi connectivity index (χ3v) is 3.60. The van der Waals surface area contributed by atoms with Crippen LogP contribution in [0.3, 0.4) is 0 Å². The number of hydrogen-bond donors (Lipinski definition) is 2. The molecule has 3 heteroatoms. The molecule has 0 bridgehead atoms. The number of amides is 1. The standard InChI is InChI=1S/C16H21NO2/c1-10(2)8-11(3)16(19)17-15-13-7-5-4-6-12(13)9-14(15)18/h4-7,11,14-15,18H,1,8-9H2,2-3H3,(H,17,19)/t11?,14-,15-/m1/s1. The summed E-state index contributed by atoms with van der Waals surface area (Å²) in [5, 5.41) is 13.1. The van der Waals surface area contributed by atoms with Crippen LogP contribution in [0.2, 0.25) is 0 Å². The first-order chi connectivity index (χ1) is 8.99. The summed E-state index contributed by atoms with van der Waals surface area (Å²) in [5.74, 6) is -0.138. The Morgan fingerprint density at radius 3 is 2.89 bits per heavy atom. The van der Waals surface area contributed by atoms with Gasteiger partial charge in [0.25, 0.3) is 0 Å². The number of allylic oxidation sites excluding steroid dienone is 1. The van der Waals surface area contributed by atoms with Gasteiger partial charge < -0.3 is 10.4 Å². The fourth-order valence-electron chi connectivity index (χ4n) is 2.66. The van der Waals surface area contributed by atoms with E-state index in [9.17, 15) is 9.90 Å². The Hall–Kier alpha value is -1.61. The minimum absolute atomic E-state index is 0.0243. The molecule has 3 nitrogen and oxygen atoms in total. The fourth-order valence-corrected chi connectivity index (χ4v) is 2.66. The molecule has 2 N–H and O–H groups in total. The molecule has 102 valence electrons. The van der Waals surface area contributed by atoms with Crippen LogP contribution in [0.5, 0.6) is 0 Å². The zero-order valence-corrected chi connectivity index (χ0v) is 11.5. The molecule has 19 heavy (non-hydrogen) atoms. The number of rotatable bonds is 4. The average Bonchev–Trinajstić information content (AvgIpc) is 2.65. The Kier molecular flexibility index (Phi) is 4.05. The van der Waals surface area contributed by atoms with E-state index < -0.39 is 6.10 Å². The van der Waals surface area contributed by atoms with Gasteiger partial charge in [-0.2, -0.15) is 0 Å². The molecule has 0 spiro atoms. The van der Waals surface area contributed by atoms with Crippen LogP contribution in [-0.4, -0.2) is 17.1 Å². The van der Waals surface area contributed by atoms with Gasteiger partial charge in [-0.25, -0.2) is 0 Å². The SMILES string of the molecule is C=C(C)CC(C)C(=O)N[C@@H]1c2ccccc2C[C@H]1O. The van der Waals surface area contributed by atoms with Gasteiger partial charge >= 0.3 is 0 Å². The maximum absolute atomic E-state index is 12.1.